The van der Waals surface area contributed by atoms with E-state index in [2.05, 4.69) is 50.2 Å². The number of hydrogen-bond donors (Lipinski definition) is 0. The lowest BCUT2D eigenvalue weighted by Crippen LogP contribution is -2.16. The van der Waals surface area contributed by atoms with Gasteiger partial charge in [0.25, 0.3) is 17.7 Å². The first-order chi connectivity index (χ1) is 36.2. The quantitative estimate of drug-likeness (QED) is 0.0216. The van der Waals surface area contributed by atoms with Crippen LogP contribution in [0.15, 0.2) is 124 Å². The van der Waals surface area contributed by atoms with E-state index in [4.69, 9.17) is 56.2 Å². The van der Waals surface area contributed by atoms with Crippen molar-refractivity contribution in [3.05, 3.63) is 128 Å². The van der Waals surface area contributed by atoms with Crippen molar-refractivity contribution >= 4 is 36.4 Å². The molecule has 0 aliphatic rings. The lowest BCUT2D eigenvalue weighted by Gasteiger charge is -2.07. The average Bonchev–Trinajstić information content (AvgIpc) is 4.23. The summed E-state index contributed by atoms with van der Waals surface area (Å²) in [4.78, 5) is 82.9. The summed E-state index contributed by atoms with van der Waals surface area (Å²) in [5.74, 6) is -7.76. The van der Waals surface area contributed by atoms with Crippen LogP contribution in [0.1, 0.15) is 0 Å². The topological polar surface area (TPSA) is 302 Å². The zero-order chi connectivity index (χ0) is 53.4. The Morgan fingerprint density at radius 3 is 0.920 bits per heavy atom. The first-order valence-electron chi connectivity index (χ1n) is 21.2. The number of esters is 3. The maximum absolute atomic E-state index is 15.2. The van der Waals surface area contributed by atoms with Crippen molar-refractivity contribution in [2.45, 2.75) is 0 Å². The van der Waals surface area contributed by atoms with Crippen LogP contribution in [0.3, 0.4) is 0 Å². The van der Waals surface area contributed by atoms with Crippen LogP contribution >= 0.6 is 0 Å². The van der Waals surface area contributed by atoms with E-state index in [-0.39, 0.29) is 108 Å². The lowest BCUT2D eigenvalue weighted by atomic mass is 10.0. The van der Waals surface area contributed by atoms with Crippen LogP contribution < -0.4 is 14.2 Å². The second-order valence-corrected chi connectivity index (χ2v) is 14.2. The van der Waals surface area contributed by atoms with E-state index < -0.39 is 71.1 Å². The van der Waals surface area contributed by atoms with Crippen LogP contribution in [0.5, 0.6) is 17.2 Å². The van der Waals surface area contributed by atoms with Crippen LogP contribution in [0.2, 0.25) is 0 Å². The molecule has 0 amide bonds. The molecular weight excluding hydrogens is 1010 g/mol. The molecule has 3 aromatic heterocycles. The summed E-state index contributed by atoms with van der Waals surface area (Å²) in [6.07, 6.45) is -1.11. The molecule has 0 aliphatic carbocycles. The number of nitrogens with zero attached hydrogens (tertiary/aromatic N) is 6. The number of carbonyl (C=O) groups excluding carboxylic acids is 6. The number of carbonyl (C=O) groups is 6. The van der Waals surface area contributed by atoms with Gasteiger partial charge in [-0.15, -0.1) is 0 Å². The van der Waals surface area contributed by atoms with Crippen LogP contribution in [-0.4, -0.2) is 106 Å². The summed E-state index contributed by atoms with van der Waals surface area (Å²) in [5.41, 5.74) is 0.660. The molecule has 384 valence electrons. The maximum atomic E-state index is 15.2. The third kappa shape index (κ3) is 14.1. The average molecular weight is 1040 g/mol. The van der Waals surface area contributed by atoms with Crippen molar-refractivity contribution in [1.82, 2.24) is 30.4 Å². The SMILES string of the molecule is C=CC(=O)OCCOC(=O)Oc1ccc(-c2noc(-c3cc(-c4nc(-c5ccc(OC(=O)OCCOC(=O)C=C)c(F)c5)no4)cc(-c4nc(-c5ccc(OC(=O)OCCOC(=O)C=C)c(F)c5)no4)c3)n2)cc1F. The predicted octanol–water partition coefficient (Wildman–Crippen LogP) is 7.99. The second-order valence-electron chi connectivity index (χ2n) is 14.2. The van der Waals surface area contributed by atoms with E-state index in [0.29, 0.717) is 0 Å². The zero-order valence-corrected chi connectivity index (χ0v) is 38.2. The lowest BCUT2D eigenvalue weighted by molar-refractivity contribution is -0.139. The van der Waals surface area contributed by atoms with Crippen LogP contribution in [-0.2, 0) is 42.8 Å². The molecule has 0 fully saturated rings. The van der Waals surface area contributed by atoms with Crippen molar-refractivity contribution in [1.29, 1.82) is 0 Å². The molecule has 7 aromatic rings. The summed E-state index contributed by atoms with van der Waals surface area (Å²) in [6, 6.07) is 14.5. The smallest absolute Gasteiger partial charge is 0.459 e. The molecule has 0 saturated heterocycles. The number of ether oxygens (including phenoxy) is 9. The Morgan fingerprint density at radius 1 is 0.400 bits per heavy atom. The van der Waals surface area contributed by atoms with E-state index in [1.165, 1.54) is 36.4 Å². The fourth-order valence-electron chi connectivity index (χ4n) is 5.88. The van der Waals surface area contributed by atoms with E-state index in [9.17, 15) is 28.8 Å². The van der Waals surface area contributed by atoms with Crippen molar-refractivity contribution in [3.63, 3.8) is 0 Å². The number of benzene rings is 4. The van der Waals surface area contributed by atoms with Gasteiger partial charge in [0.1, 0.15) is 39.6 Å². The molecule has 3 heterocycles. The first kappa shape index (κ1) is 52.4. The number of aromatic nitrogens is 6. The van der Waals surface area contributed by atoms with Gasteiger partial charge in [-0.2, -0.15) is 15.0 Å². The van der Waals surface area contributed by atoms with Gasteiger partial charge in [-0.3, -0.25) is 0 Å². The molecule has 0 atom stereocenters. The van der Waals surface area contributed by atoms with Gasteiger partial charge in [-0.25, -0.2) is 41.9 Å². The third-order valence-corrected chi connectivity index (χ3v) is 9.24. The molecule has 0 aliphatic heterocycles. The molecule has 24 nitrogen and oxygen atoms in total. The molecule has 0 spiro atoms. The molecule has 27 heteroatoms. The van der Waals surface area contributed by atoms with Gasteiger partial charge in [0, 0.05) is 51.6 Å². The van der Waals surface area contributed by atoms with Gasteiger partial charge in [0.05, 0.1) is 0 Å². The molecule has 4 aromatic carbocycles. The Morgan fingerprint density at radius 2 is 0.667 bits per heavy atom. The van der Waals surface area contributed by atoms with Gasteiger partial charge in [-0.05, 0) is 72.8 Å². The molecule has 7 rings (SSSR count). The number of hydrogen-bond acceptors (Lipinski definition) is 24. The Hall–Kier alpha value is -10.5. The Balaban J connectivity index is 1.12. The first-order valence-corrected chi connectivity index (χ1v) is 21.2. The third-order valence-electron chi connectivity index (χ3n) is 9.24. The van der Waals surface area contributed by atoms with Gasteiger partial charge >= 0.3 is 36.4 Å². The number of halogens is 3. The molecular formula is C48H33F3N6O18. The van der Waals surface area contributed by atoms with E-state index in [1.807, 2.05) is 0 Å². The molecule has 0 saturated carbocycles. The summed E-state index contributed by atoms with van der Waals surface area (Å²) in [6.45, 7) is 7.66. The van der Waals surface area contributed by atoms with Crippen LogP contribution in [0.4, 0.5) is 27.6 Å². The molecule has 0 bridgehead atoms. The van der Waals surface area contributed by atoms with Crippen LogP contribution in [0, 0.1) is 17.5 Å². The fourth-order valence-corrected chi connectivity index (χ4v) is 5.88. The fraction of sp³-hybridized carbons (Fsp3) is 0.125. The van der Waals surface area contributed by atoms with Gasteiger partial charge in [-0.1, -0.05) is 35.2 Å². The summed E-state index contributed by atoms with van der Waals surface area (Å²) >= 11 is 0. The second kappa shape index (κ2) is 24.6. The van der Waals surface area contributed by atoms with E-state index in [0.717, 1.165) is 54.6 Å². The summed E-state index contributed by atoms with van der Waals surface area (Å²) < 4.78 is 105. The monoisotopic (exact) mass is 1040 g/mol. The minimum atomic E-state index is -1.29. The van der Waals surface area contributed by atoms with Crippen molar-refractivity contribution in [2.75, 3.05) is 39.6 Å². The molecule has 75 heavy (non-hydrogen) atoms. The minimum Gasteiger partial charge on any atom is -0.459 e. The van der Waals surface area contributed by atoms with E-state index >= 15 is 13.2 Å². The highest BCUT2D eigenvalue weighted by molar-refractivity contribution is 5.82. The van der Waals surface area contributed by atoms with Crippen LogP contribution in [0.25, 0.3) is 68.5 Å². The predicted molar refractivity (Wildman–Crippen MR) is 242 cm³/mol. The van der Waals surface area contributed by atoms with Gasteiger partial charge < -0.3 is 56.2 Å². The van der Waals surface area contributed by atoms with Crippen molar-refractivity contribution in [2.24, 2.45) is 0 Å². The molecule has 0 unspecified atom stereocenters. The molecule has 0 N–H and O–H groups in total. The Labute approximate surface area is 417 Å². The number of rotatable bonds is 21. The standard InChI is InChI=1S/C48H33F3N6O18/c1-4-37(58)64-13-16-67-46(61)70-34-10-7-25(22-31(34)49)40-52-43(73-55-40)28-19-29(44-53-41(56-74-44)26-8-11-35(32(50)23-26)71-47(62)68-17-14-65-38(59)5-2)21-30(20-28)45-54-42(57-75-45)27-9-12-36(33(51)24-27)72-48(63)69-18-15-66-39(60)6-3/h4-12,19-24H,1-3,13-18H2. The van der Waals surface area contributed by atoms with Crippen molar-refractivity contribution in [3.8, 4) is 85.8 Å². The highest BCUT2D eigenvalue weighted by Gasteiger charge is 2.23. The Kier molecular flexibility index (Phi) is 17.2. The largest absolute Gasteiger partial charge is 0.514 e. The normalized spacial score (nSPS) is 10.6. The van der Waals surface area contributed by atoms with Gasteiger partial charge in [0.2, 0.25) is 17.5 Å². The van der Waals surface area contributed by atoms with Gasteiger partial charge in [0.15, 0.2) is 34.7 Å². The van der Waals surface area contributed by atoms with E-state index in [1.54, 1.807) is 0 Å². The summed E-state index contributed by atoms with van der Waals surface area (Å²) in [5, 5.41) is 11.9. The van der Waals surface area contributed by atoms with Crippen molar-refractivity contribution < 1.29 is 98.1 Å². The highest BCUT2D eigenvalue weighted by Crippen LogP contribution is 2.35. The minimum absolute atomic E-state index is 0.0678. The highest BCUT2D eigenvalue weighted by atomic mass is 19.1. The molecule has 0 radical (unpaired) electrons. The zero-order valence-electron chi connectivity index (χ0n) is 38.2. The summed E-state index contributed by atoms with van der Waals surface area (Å²) in [7, 11) is 0. The maximum Gasteiger partial charge on any atom is 0.514 e. The Bertz CT molecular complexity index is 2960.